The second-order valence-corrected chi connectivity index (χ2v) is 4.40. The van der Waals surface area contributed by atoms with Crippen LogP contribution in [0.2, 0.25) is 0 Å². The molecule has 0 saturated carbocycles. The first-order valence-electron chi connectivity index (χ1n) is 4.82. The van der Waals surface area contributed by atoms with Crippen molar-refractivity contribution in [2.75, 3.05) is 0 Å². The molecule has 84 valence electrons. The molecule has 0 saturated heterocycles. The highest BCUT2D eigenvalue weighted by Crippen LogP contribution is 2.24. The van der Waals surface area contributed by atoms with Crippen LogP contribution in [-0.4, -0.2) is 24.9 Å². The Labute approximate surface area is 97.5 Å². The Bertz CT molecular complexity index is 466. The SMILES string of the molecule is C[C@H](O)c1ccc(Sc2ncnn2C)cn1. The first-order chi connectivity index (χ1) is 7.66. The van der Waals surface area contributed by atoms with Crippen molar-refractivity contribution in [2.45, 2.75) is 23.1 Å². The van der Waals surface area contributed by atoms with Crippen molar-refractivity contribution in [3.63, 3.8) is 0 Å². The Kier molecular flexibility index (Phi) is 3.21. The van der Waals surface area contributed by atoms with E-state index in [-0.39, 0.29) is 0 Å². The predicted molar refractivity (Wildman–Crippen MR) is 60.0 cm³/mol. The summed E-state index contributed by atoms with van der Waals surface area (Å²) in [5.41, 5.74) is 0.669. The van der Waals surface area contributed by atoms with Gasteiger partial charge >= 0.3 is 0 Å². The van der Waals surface area contributed by atoms with Crippen LogP contribution in [0.15, 0.2) is 34.7 Å². The molecule has 1 N–H and O–H groups in total. The molecule has 2 heterocycles. The van der Waals surface area contributed by atoms with Gasteiger partial charge in [-0.25, -0.2) is 9.67 Å². The van der Waals surface area contributed by atoms with Crippen LogP contribution in [-0.2, 0) is 7.05 Å². The standard InChI is InChI=1S/C10H12N4OS/c1-7(15)9-4-3-8(5-11-9)16-10-12-6-13-14(10)2/h3-7,15H,1-2H3/t7-/m0/s1. The first-order valence-corrected chi connectivity index (χ1v) is 5.64. The molecule has 2 aromatic rings. The number of rotatable bonds is 3. The highest BCUT2D eigenvalue weighted by atomic mass is 32.2. The van der Waals surface area contributed by atoms with Gasteiger partial charge in [-0.2, -0.15) is 5.10 Å². The van der Waals surface area contributed by atoms with Gasteiger partial charge in [0, 0.05) is 18.1 Å². The van der Waals surface area contributed by atoms with Gasteiger partial charge in [0.25, 0.3) is 0 Å². The van der Waals surface area contributed by atoms with Gasteiger partial charge in [-0.15, -0.1) is 0 Å². The molecular formula is C10H12N4OS. The molecule has 0 amide bonds. The lowest BCUT2D eigenvalue weighted by Crippen LogP contribution is -1.95. The summed E-state index contributed by atoms with van der Waals surface area (Å²) < 4.78 is 1.70. The number of hydrogen-bond acceptors (Lipinski definition) is 5. The fraction of sp³-hybridized carbons (Fsp3) is 0.300. The third-order valence-corrected chi connectivity index (χ3v) is 3.10. The minimum atomic E-state index is -0.533. The lowest BCUT2D eigenvalue weighted by molar-refractivity contribution is 0.194. The normalized spacial score (nSPS) is 12.7. The van der Waals surface area contributed by atoms with Crippen LogP contribution in [0.4, 0.5) is 0 Å². The highest BCUT2D eigenvalue weighted by Gasteiger charge is 2.05. The Morgan fingerprint density at radius 2 is 2.19 bits per heavy atom. The number of hydrogen-bond donors (Lipinski definition) is 1. The molecule has 5 nitrogen and oxygen atoms in total. The molecule has 2 rings (SSSR count). The van der Waals surface area contributed by atoms with Crippen molar-refractivity contribution in [1.82, 2.24) is 19.7 Å². The van der Waals surface area contributed by atoms with Gasteiger partial charge < -0.3 is 5.11 Å². The van der Waals surface area contributed by atoms with Crippen LogP contribution in [0.25, 0.3) is 0 Å². The van der Waals surface area contributed by atoms with Gasteiger partial charge in [0.2, 0.25) is 0 Å². The lowest BCUT2D eigenvalue weighted by atomic mass is 10.2. The summed E-state index contributed by atoms with van der Waals surface area (Å²) in [5.74, 6) is 0. The van der Waals surface area contributed by atoms with Gasteiger partial charge in [0.15, 0.2) is 5.16 Å². The summed E-state index contributed by atoms with van der Waals surface area (Å²) >= 11 is 1.49. The average Bonchev–Trinajstić information content (AvgIpc) is 2.65. The van der Waals surface area contributed by atoms with Crippen molar-refractivity contribution in [1.29, 1.82) is 0 Å². The minimum Gasteiger partial charge on any atom is -0.387 e. The second-order valence-electron chi connectivity index (χ2n) is 3.36. The van der Waals surface area contributed by atoms with Gasteiger partial charge in [0.05, 0.1) is 11.8 Å². The fourth-order valence-corrected chi connectivity index (χ4v) is 1.91. The molecule has 0 fully saturated rings. The molecule has 1 atom stereocenters. The zero-order chi connectivity index (χ0) is 11.5. The maximum Gasteiger partial charge on any atom is 0.190 e. The lowest BCUT2D eigenvalue weighted by Gasteiger charge is -2.04. The van der Waals surface area contributed by atoms with E-state index in [9.17, 15) is 5.11 Å². The second kappa shape index (κ2) is 4.63. The number of nitrogens with zero attached hydrogens (tertiary/aromatic N) is 4. The van der Waals surface area contributed by atoms with Crippen LogP contribution < -0.4 is 0 Å². The maximum atomic E-state index is 9.32. The van der Waals surface area contributed by atoms with E-state index in [1.807, 2.05) is 19.2 Å². The van der Waals surface area contributed by atoms with E-state index >= 15 is 0 Å². The monoisotopic (exact) mass is 236 g/mol. The summed E-state index contributed by atoms with van der Waals surface area (Å²) in [7, 11) is 1.84. The van der Waals surface area contributed by atoms with Gasteiger partial charge in [-0.05, 0) is 30.8 Å². The third-order valence-electron chi connectivity index (χ3n) is 2.07. The number of aryl methyl sites for hydroxylation is 1. The molecule has 2 aromatic heterocycles. The number of aliphatic hydroxyl groups excluding tert-OH is 1. The molecule has 0 spiro atoms. The zero-order valence-electron chi connectivity index (χ0n) is 9.03. The molecule has 0 aliphatic carbocycles. The largest absolute Gasteiger partial charge is 0.387 e. The minimum absolute atomic E-state index is 0.533. The van der Waals surface area contributed by atoms with Gasteiger partial charge in [-0.1, -0.05) is 0 Å². The van der Waals surface area contributed by atoms with E-state index in [0.717, 1.165) is 10.1 Å². The van der Waals surface area contributed by atoms with Crippen molar-refractivity contribution >= 4 is 11.8 Å². The van der Waals surface area contributed by atoms with Gasteiger partial charge in [-0.3, -0.25) is 4.98 Å². The molecule has 0 radical (unpaired) electrons. The molecule has 0 unspecified atom stereocenters. The fourth-order valence-electron chi connectivity index (χ4n) is 1.18. The Morgan fingerprint density at radius 3 is 2.69 bits per heavy atom. The molecule has 0 aliphatic heterocycles. The summed E-state index contributed by atoms with van der Waals surface area (Å²) in [6, 6.07) is 3.72. The van der Waals surface area contributed by atoms with E-state index in [1.165, 1.54) is 18.1 Å². The Morgan fingerprint density at radius 1 is 1.38 bits per heavy atom. The number of aliphatic hydroxyl groups is 1. The van der Waals surface area contributed by atoms with Crippen LogP contribution in [0.1, 0.15) is 18.7 Å². The summed E-state index contributed by atoms with van der Waals surface area (Å²) in [6.45, 7) is 1.69. The van der Waals surface area contributed by atoms with Crippen LogP contribution in [0.5, 0.6) is 0 Å². The Hall–Kier alpha value is -1.40. The first kappa shape index (κ1) is 11.1. The van der Waals surface area contributed by atoms with Crippen molar-refractivity contribution < 1.29 is 5.11 Å². The number of pyridine rings is 1. The molecule has 16 heavy (non-hydrogen) atoms. The molecule has 6 heteroatoms. The van der Waals surface area contributed by atoms with Gasteiger partial charge in [0.1, 0.15) is 6.33 Å². The van der Waals surface area contributed by atoms with Crippen LogP contribution in [0, 0.1) is 0 Å². The summed E-state index contributed by atoms with van der Waals surface area (Å²) in [5, 5.41) is 14.1. The third kappa shape index (κ3) is 2.40. The van der Waals surface area contributed by atoms with E-state index in [2.05, 4.69) is 15.1 Å². The molecule has 0 bridgehead atoms. The zero-order valence-corrected chi connectivity index (χ0v) is 9.85. The molecule has 0 aromatic carbocycles. The van der Waals surface area contributed by atoms with Crippen molar-refractivity contribution in [3.05, 3.63) is 30.4 Å². The molecular weight excluding hydrogens is 224 g/mol. The smallest absolute Gasteiger partial charge is 0.190 e. The van der Waals surface area contributed by atoms with Crippen LogP contribution >= 0.6 is 11.8 Å². The quantitative estimate of drug-likeness (QED) is 0.873. The van der Waals surface area contributed by atoms with Crippen LogP contribution in [0.3, 0.4) is 0 Å². The summed E-state index contributed by atoms with van der Waals surface area (Å²) in [6.07, 6.45) is 2.70. The van der Waals surface area contributed by atoms with E-state index in [1.54, 1.807) is 17.8 Å². The predicted octanol–water partition coefficient (Wildman–Crippen LogP) is 1.41. The maximum absolute atomic E-state index is 9.32. The van der Waals surface area contributed by atoms with Crippen molar-refractivity contribution in [2.24, 2.45) is 7.05 Å². The van der Waals surface area contributed by atoms with Crippen molar-refractivity contribution in [3.8, 4) is 0 Å². The average molecular weight is 236 g/mol. The van der Waals surface area contributed by atoms with E-state index in [4.69, 9.17) is 0 Å². The Balaban J connectivity index is 2.14. The number of aromatic nitrogens is 4. The highest BCUT2D eigenvalue weighted by molar-refractivity contribution is 7.99. The van der Waals surface area contributed by atoms with E-state index in [0.29, 0.717) is 5.69 Å². The van der Waals surface area contributed by atoms with E-state index < -0.39 is 6.10 Å². The topological polar surface area (TPSA) is 63.8 Å². The summed E-state index contributed by atoms with van der Waals surface area (Å²) in [4.78, 5) is 9.24. The molecule has 0 aliphatic rings.